The number of aromatic carboxylic acids is 1. The third kappa shape index (κ3) is 2.14. The lowest BCUT2D eigenvalue weighted by Gasteiger charge is -2.22. The van der Waals surface area contributed by atoms with Crippen molar-refractivity contribution in [3.05, 3.63) is 17.8 Å². The summed E-state index contributed by atoms with van der Waals surface area (Å²) in [5.74, 6) is -0.975. The predicted octanol–water partition coefficient (Wildman–Crippen LogP) is -0.191. The molecule has 2 aromatic rings. The summed E-state index contributed by atoms with van der Waals surface area (Å²) >= 11 is 0. The Morgan fingerprint density at radius 3 is 3.00 bits per heavy atom. The van der Waals surface area contributed by atoms with E-state index in [2.05, 4.69) is 20.3 Å². The van der Waals surface area contributed by atoms with Gasteiger partial charge in [0, 0.05) is 19.6 Å². The number of pyridine rings is 1. The third-order valence-electron chi connectivity index (χ3n) is 3.38. The molecule has 0 spiro atoms. The standard InChI is InChI=1S/C12H16N6O2/c13-12-15-10-8(17-6-1-4-14-5-7-17)2-3-9(11(19)20)18(10)16-12/h2-3,14H,1,4-7H2,(H2,13,16)(H,19,20). The Morgan fingerprint density at radius 2 is 2.20 bits per heavy atom. The second-order valence-electron chi connectivity index (χ2n) is 4.70. The molecular formula is C12H16N6O2. The first-order valence-electron chi connectivity index (χ1n) is 6.51. The van der Waals surface area contributed by atoms with E-state index < -0.39 is 5.97 Å². The van der Waals surface area contributed by atoms with Crippen LogP contribution in [0.25, 0.3) is 5.65 Å². The summed E-state index contributed by atoms with van der Waals surface area (Å²) in [6.07, 6.45) is 1.02. The van der Waals surface area contributed by atoms with Crippen LogP contribution in [-0.2, 0) is 0 Å². The van der Waals surface area contributed by atoms with Crippen molar-refractivity contribution in [2.45, 2.75) is 6.42 Å². The zero-order chi connectivity index (χ0) is 14.1. The Balaban J connectivity index is 2.11. The van der Waals surface area contributed by atoms with Crippen LogP contribution in [-0.4, -0.2) is 51.9 Å². The molecule has 4 N–H and O–H groups in total. The molecule has 0 atom stereocenters. The fraction of sp³-hybridized carbons (Fsp3) is 0.417. The molecule has 3 heterocycles. The summed E-state index contributed by atoms with van der Waals surface area (Å²) in [6.45, 7) is 3.60. The largest absolute Gasteiger partial charge is 0.477 e. The molecular weight excluding hydrogens is 260 g/mol. The fourth-order valence-electron chi connectivity index (χ4n) is 2.46. The highest BCUT2D eigenvalue weighted by Crippen LogP contribution is 2.23. The van der Waals surface area contributed by atoms with Gasteiger partial charge in [-0.25, -0.2) is 9.31 Å². The van der Waals surface area contributed by atoms with E-state index in [-0.39, 0.29) is 11.6 Å². The fourth-order valence-corrected chi connectivity index (χ4v) is 2.46. The molecule has 2 aromatic heterocycles. The van der Waals surface area contributed by atoms with E-state index in [4.69, 9.17) is 5.73 Å². The molecule has 1 saturated heterocycles. The highest BCUT2D eigenvalue weighted by Gasteiger charge is 2.19. The summed E-state index contributed by atoms with van der Waals surface area (Å²) in [4.78, 5) is 17.6. The van der Waals surface area contributed by atoms with Crippen molar-refractivity contribution in [2.24, 2.45) is 0 Å². The molecule has 0 radical (unpaired) electrons. The van der Waals surface area contributed by atoms with Crippen LogP contribution in [0.4, 0.5) is 11.6 Å². The minimum Gasteiger partial charge on any atom is -0.477 e. The van der Waals surface area contributed by atoms with Gasteiger partial charge in [0.05, 0.1) is 5.69 Å². The molecule has 8 heteroatoms. The van der Waals surface area contributed by atoms with Crippen molar-refractivity contribution in [1.82, 2.24) is 19.9 Å². The summed E-state index contributed by atoms with van der Waals surface area (Å²) in [5.41, 5.74) is 7.03. The van der Waals surface area contributed by atoms with Gasteiger partial charge in [-0.3, -0.25) is 0 Å². The van der Waals surface area contributed by atoms with Crippen molar-refractivity contribution < 1.29 is 9.90 Å². The number of nitrogens with one attached hydrogen (secondary N) is 1. The van der Waals surface area contributed by atoms with Gasteiger partial charge in [-0.15, -0.1) is 5.10 Å². The molecule has 106 valence electrons. The monoisotopic (exact) mass is 276 g/mol. The van der Waals surface area contributed by atoms with Crippen LogP contribution in [0.3, 0.4) is 0 Å². The normalized spacial score (nSPS) is 16.3. The Bertz CT molecular complexity index is 645. The Labute approximate surface area is 115 Å². The quantitative estimate of drug-likeness (QED) is 0.697. The van der Waals surface area contributed by atoms with Crippen molar-refractivity contribution in [3.63, 3.8) is 0 Å². The third-order valence-corrected chi connectivity index (χ3v) is 3.38. The number of carboxylic acid groups (broad SMARTS) is 1. The van der Waals surface area contributed by atoms with E-state index in [1.807, 2.05) is 0 Å². The molecule has 0 amide bonds. The zero-order valence-electron chi connectivity index (χ0n) is 10.9. The van der Waals surface area contributed by atoms with Gasteiger partial charge >= 0.3 is 5.97 Å². The molecule has 1 fully saturated rings. The maximum atomic E-state index is 11.2. The minimum atomic E-state index is -1.05. The first kappa shape index (κ1) is 12.7. The SMILES string of the molecule is Nc1nc2c(N3CCCNCC3)ccc(C(=O)O)n2n1. The van der Waals surface area contributed by atoms with Crippen LogP contribution in [0.1, 0.15) is 16.9 Å². The number of carbonyl (C=O) groups is 1. The van der Waals surface area contributed by atoms with Crippen LogP contribution in [0.5, 0.6) is 0 Å². The number of nitrogens with two attached hydrogens (primary N) is 1. The molecule has 0 saturated carbocycles. The number of fused-ring (bicyclic) bond motifs is 1. The topological polar surface area (TPSA) is 109 Å². The molecule has 1 aliphatic heterocycles. The highest BCUT2D eigenvalue weighted by atomic mass is 16.4. The van der Waals surface area contributed by atoms with Gasteiger partial charge in [0.2, 0.25) is 5.95 Å². The summed E-state index contributed by atoms with van der Waals surface area (Å²) in [7, 11) is 0. The van der Waals surface area contributed by atoms with E-state index in [9.17, 15) is 9.90 Å². The summed E-state index contributed by atoms with van der Waals surface area (Å²) in [6, 6.07) is 3.31. The molecule has 0 unspecified atom stereocenters. The lowest BCUT2D eigenvalue weighted by Crippen LogP contribution is -2.28. The van der Waals surface area contributed by atoms with Crippen LogP contribution < -0.4 is 16.0 Å². The van der Waals surface area contributed by atoms with E-state index >= 15 is 0 Å². The Kier molecular flexibility index (Phi) is 3.15. The lowest BCUT2D eigenvalue weighted by molar-refractivity contribution is 0.0687. The number of nitrogens with zero attached hydrogens (tertiary/aromatic N) is 4. The lowest BCUT2D eigenvalue weighted by atomic mass is 10.2. The molecule has 3 rings (SSSR count). The summed E-state index contributed by atoms with van der Waals surface area (Å²) < 4.78 is 1.30. The van der Waals surface area contributed by atoms with Gasteiger partial charge in [0.1, 0.15) is 0 Å². The van der Waals surface area contributed by atoms with E-state index in [1.165, 1.54) is 10.6 Å². The Morgan fingerprint density at radius 1 is 1.35 bits per heavy atom. The van der Waals surface area contributed by atoms with E-state index in [0.717, 1.165) is 38.3 Å². The first-order chi connectivity index (χ1) is 9.66. The minimum absolute atomic E-state index is 0.0564. The second-order valence-corrected chi connectivity index (χ2v) is 4.70. The van der Waals surface area contributed by atoms with Gasteiger partial charge < -0.3 is 21.1 Å². The first-order valence-corrected chi connectivity index (χ1v) is 6.51. The van der Waals surface area contributed by atoms with Crippen molar-refractivity contribution in [1.29, 1.82) is 0 Å². The molecule has 0 aromatic carbocycles. The summed E-state index contributed by atoms with van der Waals surface area (Å²) in [5, 5.41) is 16.5. The predicted molar refractivity (Wildman–Crippen MR) is 74.1 cm³/mol. The van der Waals surface area contributed by atoms with E-state index in [0.29, 0.717) is 5.65 Å². The zero-order valence-corrected chi connectivity index (χ0v) is 10.9. The van der Waals surface area contributed by atoms with Gasteiger partial charge in [0.25, 0.3) is 0 Å². The average molecular weight is 276 g/mol. The number of anilines is 2. The van der Waals surface area contributed by atoms with Crippen molar-refractivity contribution >= 4 is 23.3 Å². The van der Waals surface area contributed by atoms with Gasteiger partial charge in [-0.2, -0.15) is 4.98 Å². The van der Waals surface area contributed by atoms with Gasteiger partial charge in [-0.05, 0) is 25.1 Å². The van der Waals surface area contributed by atoms with Crippen LogP contribution >= 0.6 is 0 Å². The number of rotatable bonds is 2. The Hall–Kier alpha value is -2.35. The van der Waals surface area contributed by atoms with Gasteiger partial charge in [0.15, 0.2) is 11.3 Å². The molecule has 20 heavy (non-hydrogen) atoms. The van der Waals surface area contributed by atoms with Crippen LogP contribution in [0, 0.1) is 0 Å². The smallest absolute Gasteiger partial charge is 0.354 e. The highest BCUT2D eigenvalue weighted by molar-refractivity contribution is 5.88. The number of nitrogen functional groups attached to an aromatic ring is 1. The maximum Gasteiger partial charge on any atom is 0.354 e. The molecule has 0 aliphatic carbocycles. The number of hydrogen-bond acceptors (Lipinski definition) is 6. The van der Waals surface area contributed by atoms with Crippen LogP contribution in [0.2, 0.25) is 0 Å². The average Bonchev–Trinajstić information content (AvgIpc) is 2.63. The van der Waals surface area contributed by atoms with Crippen molar-refractivity contribution in [2.75, 3.05) is 36.8 Å². The maximum absolute atomic E-state index is 11.2. The number of aromatic nitrogens is 3. The van der Waals surface area contributed by atoms with Crippen molar-refractivity contribution in [3.8, 4) is 0 Å². The van der Waals surface area contributed by atoms with E-state index in [1.54, 1.807) is 6.07 Å². The molecule has 8 nitrogen and oxygen atoms in total. The number of hydrogen-bond donors (Lipinski definition) is 3. The van der Waals surface area contributed by atoms with Gasteiger partial charge in [-0.1, -0.05) is 0 Å². The molecule has 0 bridgehead atoms. The molecule has 1 aliphatic rings. The van der Waals surface area contributed by atoms with Crippen LogP contribution in [0.15, 0.2) is 12.1 Å². The second kappa shape index (κ2) is 4.97. The number of carboxylic acids is 1.